The van der Waals surface area contributed by atoms with Gasteiger partial charge in [0.05, 0.1) is 0 Å². The first-order valence-electron chi connectivity index (χ1n) is 21.7. The van der Waals surface area contributed by atoms with Gasteiger partial charge >= 0.3 is 0 Å². The van der Waals surface area contributed by atoms with Gasteiger partial charge in [0.1, 0.15) is 34.6 Å². The molecule has 0 N–H and O–H groups in total. The number of hydrogen-bond donors (Lipinski definition) is 0. The molecule has 0 radical (unpaired) electrons. The highest BCUT2D eigenvalue weighted by molar-refractivity contribution is 6.13. The standard InChI is InChI=1S/C60H36F2O6/c61-47-27-17-43(18-28-47)57(63)39-9-13-41(14-10-39)59(65)45-21-31-49(32-22-45)67-53-35-25-37-5-1-3-7-51(37)55(53)56-52-8-4-2-6-38(52)26-36-54(56)68-50-33-23-46(24-34-50)60(66)42-15-11-40(12-16-42)58(64)44-19-29-48(62)30-20-44/h1-36H. The summed E-state index contributed by atoms with van der Waals surface area (Å²) >= 11 is 0. The third kappa shape index (κ3) is 8.69. The van der Waals surface area contributed by atoms with Gasteiger partial charge in [0, 0.05) is 55.6 Å². The van der Waals surface area contributed by atoms with Crippen LogP contribution in [0.5, 0.6) is 23.0 Å². The number of fused-ring (bicyclic) bond motifs is 2. The van der Waals surface area contributed by atoms with Gasteiger partial charge in [0.25, 0.3) is 0 Å². The highest BCUT2D eigenvalue weighted by Gasteiger charge is 2.21. The van der Waals surface area contributed by atoms with Crippen molar-refractivity contribution in [3.8, 4) is 34.1 Å². The third-order valence-corrected chi connectivity index (χ3v) is 11.8. The van der Waals surface area contributed by atoms with Crippen LogP contribution in [0.3, 0.4) is 0 Å². The number of ether oxygens (including phenoxy) is 2. The summed E-state index contributed by atoms with van der Waals surface area (Å²) in [6.45, 7) is 0. The summed E-state index contributed by atoms with van der Waals surface area (Å²) in [5.41, 5.74) is 4.71. The lowest BCUT2D eigenvalue weighted by Crippen LogP contribution is -2.04. The fourth-order valence-corrected chi connectivity index (χ4v) is 8.21. The summed E-state index contributed by atoms with van der Waals surface area (Å²) in [6.07, 6.45) is 0. The van der Waals surface area contributed by atoms with Crippen molar-refractivity contribution in [1.29, 1.82) is 0 Å². The fourth-order valence-electron chi connectivity index (χ4n) is 8.21. The molecule has 0 spiro atoms. The Bertz CT molecular complexity index is 3310. The Morgan fingerprint density at radius 1 is 0.279 bits per heavy atom. The predicted octanol–water partition coefficient (Wildman–Crippen LogP) is 14.4. The highest BCUT2D eigenvalue weighted by atomic mass is 19.1. The van der Waals surface area contributed by atoms with Crippen molar-refractivity contribution < 1.29 is 37.4 Å². The van der Waals surface area contributed by atoms with Crippen molar-refractivity contribution in [2.75, 3.05) is 0 Å². The second-order valence-electron chi connectivity index (χ2n) is 16.1. The maximum atomic E-state index is 13.6. The van der Waals surface area contributed by atoms with E-state index in [9.17, 15) is 28.0 Å². The van der Waals surface area contributed by atoms with Crippen LogP contribution in [0.25, 0.3) is 32.7 Å². The minimum absolute atomic E-state index is 0.231. The third-order valence-electron chi connectivity index (χ3n) is 11.8. The van der Waals surface area contributed by atoms with Crippen molar-refractivity contribution in [3.05, 3.63) is 275 Å². The molecule has 0 fully saturated rings. The molecular weight excluding hydrogens is 855 g/mol. The Labute approximate surface area is 389 Å². The van der Waals surface area contributed by atoms with Crippen LogP contribution < -0.4 is 9.47 Å². The molecule has 0 atom stereocenters. The van der Waals surface area contributed by atoms with E-state index in [1.807, 2.05) is 72.8 Å². The van der Waals surface area contributed by atoms with E-state index in [1.54, 1.807) is 97.1 Å². The van der Waals surface area contributed by atoms with Gasteiger partial charge in [-0.1, -0.05) is 109 Å². The van der Waals surface area contributed by atoms with Crippen LogP contribution in [-0.2, 0) is 0 Å². The van der Waals surface area contributed by atoms with Gasteiger partial charge in [-0.25, -0.2) is 8.78 Å². The Kier molecular flexibility index (Phi) is 11.6. The van der Waals surface area contributed by atoms with E-state index in [4.69, 9.17) is 9.47 Å². The zero-order valence-corrected chi connectivity index (χ0v) is 36.0. The molecule has 0 saturated heterocycles. The predicted molar refractivity (Wildman–Crippen MR) is 259 cm³/mol. The van der Waals surface area contributed by atoms with Crippen LogP contribution in [0.1, 0.15) is 63.7 Å². The van der Waals surface area contributed by atoms with Crippen LogP contribution in [0.4, 0.5) is 8.78 Å². The van der Waals surface area contributed by atoms with E-state index < -0.39 is 11.6 Å². The normalized spacial score (nSPS) is 11.0. The molecule has 10 aromatic rings. The molecule has 0 unspecified atom stereocenters. The number of halogens is 2. The summed E-state index contributed by atoms with van der Waals surface area (Å²) in [7, 11) is 0. The molecule has 10 rings (SSSR count). The molecule has 8 heteroatoms. The van der Waals surface area contributed by atoms with Gasteiger partial charge in [0.2, 0.25) is 0 Å². The molecule has 0 bridgehead atoms. The number of ketones is 4. The first-order valence-corrected chi connectivity index (χ1v) is 21.7. The highest BCUT2D eigenvalue weighted by Crippen LogP contribution is 2.47. The minimum atomic E-state index is -0.429. The Balaban J connectivity index is 0.919. The van der Waals surface area contributed by atoms with E-state index >= 15 is 0 Å². The zero-order valence-electron chi connectivity index (χ0n) is 36.0. The molecule has 0 aliphatic carbocycles. The van der Waals surface area contributed by atoms with E-state index in [0.29, 0.717) is 67.5 Å². The topological polar surface area (TPSA) is 86.7 Å². The molecule has 10 aromatic carbocycles. The van der Waals surface area contributed by atoms with Gasteiger partial charge < -0.3 is 9.47 Å². The van der Waals surface area contributed by atoms with Crippen molar-refractivity contribution in [2.24, 2.45) is 0 Å². The largest absolute Gasteiger partial charge is 0.457 e. The summed E-state index contributed by atoms with van der Waals surface area (Å²) in [6, 6.07) is 61.0. The lowest BCUT2D eigenvalue weighted by Gasteiger charge is -2.20. The number of carbonyl (C=O) groups excluding carboxylic acids is 4. The van der Waals surface area contributed by atoms with Crippen LogP contribution in [0, 0.1) is 11.6 Å². The molecule has 0 amide bonds. The molecule has 326 valence electrons. The second-order valence-corrected chi connectivity index (χ2v) is 16.1. The van der Waals surface area contributed by atoms with Crippen LogP contribution in [0.2, 0.25) is 0 Å². The van der Waals surface area contributed by atoms with Gasteiger partial charge in [-0.3, -0.25) is 19.2 Å². The van der Waals surface area contributed by atoms with Gasteiger partial charge in [0.15, 0.2) is 23.1 Å². The SMILES string of the molecule is O=C(c1ccc(F)cc1)c1ccc(C(=O)c2ccc(Oc3ccc4ccccc4c3-c3c(Oc4ccc(C(=O)c5ccc(C(=O)c6ccc(F)cc6)cc5)cc4)ccc4ccccc34)cc2)cc1. The van der Waals surface area contributed by atoms with Gasteiger partial charge in [-0.2, -0.15) is 0 Å². The van der Waals surface area contributed by atoms with Crippen molar-refractivity contribution in [1.82, 2.24) is 0 Å². The molecule has 0 aliphatic heterocycles. The van der Waals surface area contributed by atoms with Gasteiger partial charge in [-0.15, -0.1) is 0 Å². The maximum absolute atomic E-state index is 13.6. The molecule has 0 heterocycles. The molecule has 0 saturated carbocycles. The molecule has 6 nitrogen and oxygen atoms in total. The average molecular weight is 891 g/mol. The Morgan fingerprint density at radius 3 is 0.824 bits per heavy atom. The van der Waals surface area contributed by atoms with Crippen molar-refractivity contribution in [2.45, 2.75) is 0 Å². The average Bonchev–Trinajstić information content (AvgIpc) is 3.39. The molecule has 68 heavy (non-hydrogen) atoms. The zero-order chi connectivity index (χ0) is 46.7. The summed E-state index contributed by atoms with van der Waals surface area (Å²) in [4.78, 5) is 53.0. The molecule has 0 aromatic heterocycles. The van der Waals surface area contributed by atoms with Crippen molar-refractivity contribution in [3.63, 3.8) is 0 Å². The lowest BCUT2D eigenvalue weighted by atomic mass is 9.92. The van der Waals surface area contributed by atoms with Crippen molar-refractivity contribution >= 4 is 44.7 Å². The summed E-state index contributed by atoms with van der Waals surface area (Å²) < 4.78 is 40.2. The minimum Gasteiger partial charge on any atom is -0.457 e. The quantitative estimate of drug-likeness (QED) is 0.107. The first-order chi connectivity index (χ1) is 33.2. The smallest absolute Gasteiger partial charge is 0.193 e. The maximum Gasteiger partial charge on any atom is 0.193 e. The molecular formula is C60H36F2O6. The van der Waals surface area contributed by atoms with E-state index in [1.165, 1.54) is 48.5 Å². The second kappa shape index (κ2) is 18.4. The number of rotatable bonds is 13. The summed E-state index contributed by atoms with van der Waals surface area (Å²) in [5, 5.41) is 3.81. The lowest BCUT2D eigenvalue weighted by molar-refractivity contribution is 0.102. The Morgan fingerprint density at radius 2 is 0.529 bits per heavy atom. The summed E-state index contributed by atoms with van der Waals surface area (Å²) in [5.74, 6) is 0.229. The number of hydrogen-bond acceptors (Lipinski definition) is 6. The fraction of sp³-hybridized carbons (Fsp3) is 0. The van der Waals surface area contributed by atoms with E-state index in [0.717, 1.165) is 32.7 Å². The number of carbonyl (C=O) groups is 4. The van der Waals surface area contributed by atoms with Crippen LogP contribution >= 0.6 is 0 Å². The molecule has 0 aliphatic rings. The Hall–Kier alpha value is -9.14. The van der Waals surface area contributed by atoms with Gasteiger partial charge in [-0.05, 0) is 131 Å². The van der Waals surface area contributed by atoms with Crippen LogP contribution in [0.15, 0.2) is 218 Å². The first kappa shape index (κ1) is 42.8. The number of benzene rings is 10. The van der Waals surface area contributed by atoms with E-state index in [-0.39, 0.29) is 23.1 Å². The van der Waals surface area contributed by atoms with E-state index in [2.05, 4.69) is 0 Å². The monoisotopic (exact) mass is 890 g/mol. The van der Waals surface area contributed by atoms with Crippen LogP contribution in [-0.4, -0.2) is 23.1 Å².